The second-order valence-corrected chi connectivity index (χ2v) is 7.23. The highest BCUT2D eigenvalue weighted by atomic mass is 16.5. The van der Waals surface area contributed by atoms with Crippen molar-refractivity contribution in [2.75, 3.05) is 7.11 Å². The van der Waals surface area contributed by atoms with Crippen molar-refractivity contribution in [2.45, 2.75) is 26.5 Å². The molecule has 0 bridgehead atoms. The number of hydrogen-bond donors (Lipinski definition) is 1. The molecule has 2 aromatic heterocycles. The van der Waals surface area contributed by atoms with Crippen LogP contribution in [0.3, 0.4) is 0 Å². The summed E-state index contributed by atoms with van der Waals surface area (Å²) in [7, 11) is 1.58. The average molecular weight is 389 g/mol. The summed E-state index contributed by atoms with van der Waals surface area (Å²) in [4.78, 5) is 13.0. The Balaban J connectivity index is 1.68. The van der Waals surface area contributed by atoms with Crippen LogP contribution in [-0.4, -0.2) is 26.4 Å². The molecule has 148 valence electrons. The lowest BCUT2D eigenvalue weighted by Crippen LogP contribution is -2.24. The van der Waals surface area contributed by atoms with Crippen molar-refractivity contribution in [2.24, 2.45) is 0 Å². The fraction of sp³-hybridized carbons (Fsp3) is 0.217. The molecule has 0 radical (unpaired) electrons. The van der Waals surface area contributed by atoms with Gasteiger partial charge in [0.15, 0.2) is 0 Å². The zero-order chi connectivity index (χ0) is 20.5. The van der Waals surface area contributed by atoms with E-state index in [9.17, 15) is 9.90 Å². The predicted molar refractivity (Wildman–Crippen MR) is 112 cm³/mol. The summed E-state index contributed by atoms with van der Waals surface area (Å²) in [6.07, 6.45) is 2.56. The standard InChI is InChI=1S/C23H23N3O3/c1-15-7-8-19(16(2)11-15)20-13-21-23(28)25(9-10-26(21)24-20)14-22(27)17-5-4-6-18(12-17)29-3/h4-13,22,27H,14H2,1-3H3. The maximum absolute atomic E-state index is 13.0. The van der Waals surface area contributed by atoms with Gasteiger partial charge in [-0.3, -0.25) is 4.79 Å². The van der Waals surface area contributed by atoms with Crippen molar-refractivity contribution in [3.05, 3.63) is 88.0 Å². The molecule has 0 saturated heterocycles. The number of aliphatic hydroxyl groups is 1. The van der Waals surface area contributed by atoms with E-state index in [0.717, 1.165) is 16.8 Å². The van der Waals surface area contributed by atoms with Crippen molar-refractivity contribution in [3.8, 4) is 17.0 Å². The van der Waals surface area contributed by atoms with Crippen molar-refractivity contribution < 1.29 is 9.84 Å². The van der Waals surface area contributed by atoms with Gasteiger partial charge in [-0.05, 0) is 43.2 Å². The quantitative estimate of drug-likeness (QED) is 0.567. The number of hydrogen-bond acceptors (Lipinski definition) is 4. The van der Waals surface area contributed by atoms with E-state index in [1.807, 2.05) is 44.2 Å². The van der Waals surface area contributed by atoms with Gasteiger partial charge in [0.1, 0.15) is 11.3 Å². The Morgan fingerprint density at radius 1 is 1.10 bits per heavy atom. The molecule has 4 aromatic rings. The first-order chi connectivity index (χ1) is 14.0. The fourth-order valence-electron chi connectivity index (χ4n) is 3.54. The SMILES string of the molecule is COc1cccc(C(O)Cn2ccn3nc(-c4ccc(C)cc4C)cc3c2=O)c1. The van der Waals surface area contributed by atoms with Gasteiger partial charge in [-0.15, -0.1) is 0 Å². The van der Waals surface area contributed by atoms with Crippen LogP contribution in [0, 0.1) is 13.8 Å². The number of ether oxygens (including phenoxy) is 1. The lowest BCUT2D eigenvalue weighted by atomic mass is 10.0. The highest BCUT2D eigenvalue weighted by molar-refractivity contribution is 5.68. The van der Waals surface area contributed by atoms with E-state index in [1.54, 1.807) is 36.2 Å². The predicted octanol–water partition coefficient (Wildman–Crippen LogP) is 3.52. The first-order valence-corrected chi connectivity index (χ1v) is 9.45. The maximum atomic E-state index is 13.0. The van der Waals surface area contributed by atoms with Crippen LogP contribution in [0.15, 0.2) is 65.7 Å². The Morgan fingerprint density at radius 3 is 2.69 bits per heavy atom. The monoisotopic (exact) mass is 389 g/mol. The van der Waals surface area contributed by atoms with Gasteiger partial charge < -0.3 is 14.4 Å². The number of benzene rings is 2. The van der Waals surface area contributed by atoms with Crippen LogP contribution in [0.5, 0.6) is 5.75 Å². The summed E-state index contributed by atoms with van der Waals surface area (Å²) in [5.74, 6) is 0.665. The molecule has 6 heteroatoms. The molecule has 0 amide bonds. The Morgan fingerprint density at radius 2 is 1.93 bits per heavy atom. The van der Waals surface area contributed by atoms with E-state index in [0.29, 0.717) is 16.8 Å². The van der Waals surface area contributed by atoms with Gasteiger partial charge in [0, 0.05) is 18.0 Å². The lowest BCUT2D eigenvalue weighted by Gasteiger charge is -2.14. The third-order valence-electron chi connectivity index (χ3n) is 5.11. The number of methoxy groups -OCH3 is 1. The summed E-state index contributed by atoms with van der Waals surface area (Å²) >= 11 is 0. The lowest BCUT2D eigenvalue weighted by molar-refractivity contribution is 0.155. The summed E-state index contributed by atoms with van der Waals surface area (Å²) in [5.41, 5.74) is 5.03. The van der Waals surface area contributed by atoms with Crippen molar-refractivity contribution in [1.29, 1.82) is 0 Å². The molecule has 0 aliphatic heterocycles. The Bertz CT molecular complexity index is 1240. The molecule has 6 nitrogen and oxygen atoms in total. The zero-order valence-corrected chi connectivity index (χ0v) is 16.7. The smallest absolute Gasteiger partial charge is 0.276 e. The number of rotatable bonds is 5. The maximum Gasteiger partial charge on any atom is 0.276 e. The molecule has 0 saturated carbocycles. The first kappa shape index (κ1) is 19.0. The van der Waals surface area contributed by atoms with Crippen LogP contribution in [-0.2, 0) is 6.54 Å². The topological polar surface area (TPSA) is 68.8 Å². The molecule has 1 N–H and O–H groups in total. The number of aliphatic hydroxyl groups excluding tert-OH is 1. The van der Waals surface area contributed by atoms with Gasteiger partial charge in [-0.2, -0.15) is 5.10 Å². The van der Waals surface area contributed by atoms with Gasteiger partial charge in [0.05, 0.1) is 25.5 Å². The largest absolute Gasteiger partial charge is 0.497 e. The number of fused-ring (bicyclic) bond motifs is 1. The van der Waals surface area contributed by atoms with Crippen LogP contribution >= 0.6 is 0 Å². The van der Waals surface area contributed by atoms with Gasteiger partial charge >= 0.3 is 0 Å². The second kappa shape index (κ2) is 7.56. The van der Waals surface area contributed by atoms with Crippen molar-refractivity contribution >= 4 is 5.52 Å². The third kappa shape index (κ3) is 3.67. The van der Waals surface area contributed by atoms with E-state index in [2.05, 4.69) is 11.2 Å². The molecule has 0 spiro atoms. The number of nitrogens with zero attached hydrogens (tertiary/aromatic N) is 3. The van der Waals surface area contributed by atoms with Gasteiger partial charge in [0.25, 0.3) is 5.56 Å². The molecule has 0 fully saturated rings. The molecule has 4 rings (SSSR count). The van der Waals surface area contributed by atoms with Crippen LogP contribution in [0.2, 0.25) is 0 Å². The van der Waals surface area contributed by atoms with E-state index in [1.165, 1.54) is 10.1 Å². The van der Waals surface area contributed by atoms with Gasteiger partial charge in [0.2, 0.25) is 0 Å². The Hall–Kier alpha value is -3.38. The van der Waals surface area contributed by atoms with Crippen LogP contribution < -0.4 is 10.3 Å². The van der Waals surface area contributed by atoms with Crippen molar-refractivity contribution in [3.63, 3.8) is 0 Å². The van der Waals surface area contributed by atoms with E-state index in [-0.39, 0.29) is 12.1 Å². The molecule has 2 aromatic carbocycles. The molecule has 0 aliphatic rings. The van der Waals surface area contributed by atoms with Crippen LogP contribution in [0.25, 0.3) is 16.8 Å². The number of aromatic nitrogens is 3. The Labute approximate surface area is 168 Å². The van der Waals surface area contributed by atoms with Gasteiger partial charge in [-0.25, -0.2) is 4.52 Å². The first-order valence-electron chi connectivity index (χ1n) is 9.45. The molecule has 2 heterocycles. The molecule has 29 heavy (non-hydrogen) atoms. The zero-order valence-electron chi connectivity index (χ0n) is 16.7. The fourth-order valence-corrected chi connectivity index (χ4v) is 3.54. The highest BCUT2D eigenvalue weighted by Crippen LogP contribution is 2.24. The van der Waals surface area contributed by atoms with E-state index >= 15 is 0 Å². The third-order valence-corrected chi connectivity index (χ3v) is 5.11. The molecular weight excluding hydrogens is 366 g/mol. The molecule has 0 aliphatic carbocycles. The minimum atomic E-state index is -0.827. The van der Waals surface area contributed by atoms with Crippen molar-refractivity contribution in [1.82, 2.24) is 14.2 Å². The minimum absolute atomic E-state index is 0.145. The van der Waals surface area contributed by atoms with Crippen LogP contribution in [0.4, 0.5) is 0 Å². The van der Waals surface area contributed by atoms with Gasteiger partial charge in [-0.1, -0.05) is 35.9 Å². The Kier molecular flexibility index (Phi) is 4.94. The summed E-state index contributed by atoms with van der Waals surface area (Å²) in [5, 5.41) is 15.2. The minimum Gasteiger partial charge on any atom is -0.497 e. The molecular formula is C23H23N3O3. The summed E-state index contributed by atoms with van der Waals surface area (Å²) in [6, 6.07) is 15.2. The summed E-state index contributed by atoms with van der Waals surface area (Å²) in [6.45, 7) is 4.23. The molecule has 1 unspecified atom stereocenters. The van der Waals surface area contributed by atoms with E-state index < -0.39 is 6.10 Å². The summed E-state index contributed by atoms with van der Waals surface area (Å²) < 4.78 is 8.30. The average Bonchev–Trinajstić information content (AvgIpc) is 3.15. The van der Waals surface area contributed by atoms with Crippen LogP contribution in [0.1, 0.15) is 22.8 Å². The second-order valence-electron chi connectivity index (χ2n) is 7.23. The molecule has 1 atom stereocenters. The highest BCUT2D eigenvalue weighted by Gasteiger charge is 2.14. The number of aryl methyl sites for hydroxylation is 2. The normalized spacial score (nSPS) is 12.3. The van der Waals surface area contributed by atoms with E-state index in [4.69, 9.17) is 4.74 Å².